The van der Waals surface area contributed by atoms with Crippen LogP contribution in [0, 0.1) is 5.41 Å². The number of ketones is 1. The van der Waals surface area contributed by atoms with Crippen molar-refractivity contribution in [2.75, 3.05) is 19.6 Å². The van der Waals surface area contributed by atoms with Gasteiger partial charge in [-0.3, -0.25) is 14.7 Å². The maximum absolute atomic E-state index is 12.4. The highest BCUT2D eigenvalue weighted by Gasteiger charge is 2.30. The van der Waals surface area contributed by atoms with E-state index < -0.39 is 0 Å². The summed E-state index contributed by atoms with van der Waals surface area (Å²) < 4.78 is 0. The van der Waals surface area contributed by atoms with Crippen LogP contribution in [-0.4, -0.2) is 41.0 Å². The number of hydrogen-bond donors (Lipinski definition) is 1. The lowest BCUT2D eigenvalue weighted by Gasteiger charge is -2.30. The van der Waals surface area contributed by atoms with Crippen LogP contribution in [0.4, 0.5) is 0 Å². The number of benzene rings is 1. The van der Waals surface area contributed by atoms with Crippen LogP contribution in [0.25, 0.3) is 10.9 Å². The zero-order chi connectivity index (χ0) is 16.2. The number of aliphatic imine (C=N–C) groups is 1. The molecule has 0 spiro atoms. The first-order chi connectivity index (χ1) is 10.9. The first-order valence-corrected chi connectivity index (χ1v) is 8.35. The number of rotatable bonds is 2. The molecule has 4 rings (SSSR count). The number of carbonyl (C=O) groups excluding carboxylic acids is 1. The van der Waals surface area contributed by atoms with Gasteiger partial charge in [-0.1, -0.05) is 32.9 Å². The van der Waals surface area contributed by atoms with Crippen molar-refractivity contribution in [3.8, 4) is 0 Å². The van der Waals surface area contributed by atoms with E-state index in [1.807, 2.05) is 12.1 Å². The average Bonchev–Trinajstić information content (AvgIpc) is 2.80. The maximum Gasteiger partial charge on any atom is 0.184 e. The normalized spacial score (nSPS) is 18.2. The number of nitrogens with zero attached hydrogens (tertiary/aromatic N) is 2. The molecule has 4 nitrogen and oxygen atoms in total. The second kappa shape index (κ2) is 5.03. The smallest absolute Gasteiger partial charge is 0.184 e. The minimum absolute atomic E-state index is 0.126. The Morgan fingerprint density at radius 2 is 2.09 bits per heavy atom. The third kappa shape index (κ3) is 2.51. The fraction of sp³-hybridized carbons (Fsp3) is 0.474. The van der Waals surface area contributed by atoms with E-state index in [9.17, 15) is 4.79 Å². The molecule has 0 saturated heterocycles. The standard InChI is InChI=1S/C19H23N3O/c1-19(2,3)7-8-22-10-14-18-15(11-22)21-13-6-4-5-12(17(13)18)16(23)9-20-14/h4-6,21H,7-11H2,1-3H3. The lowest BCUT2D eigenvalue weighted by atomic mass is 9.91. The number of H-pyrrole nitrogens is 1. The molecule has 0 unspecified atom stereocenters. The van der Waals surface area contributed by atoms with Crippen molar-refractivity contribution in [3.05, 3.63) is 35.0 Å². The second-order valence-electron chi connectivity index (χ2n) is 7.91. The van der Waals surface area contributed by atoms with Gasteiger partial charge in [0.15, 0.2) is 5.78 Å². The van der Waals surface area contributed by atoms with E-state index in [1.54, 1.807) is 0 Å². The zero-order valence-corrected chi connectivity index (χ0v) is 14.1. The molecule has 0 amide bonds. The van der Waals surface area contributed by atoms with Crippen molar-refractivity contribution in [1.29, 1.82) is 0 Å². The fourth-order valence-electron chi connectivity index (χ4n) is 3.57. The van der Waals surface area contributed by atoms with Gasteiger partial charge in [-0.25, -0.2) is 0 Å². The SMILES string of the molecule is CC(C)(C)CCN1CC2=NCC(=O)c3cccc4[nH]c(c2c34)C1. The highest BCUT2D eigenvalue weighted by atomic mass is 16.1. The molecular formula is C19H23N3O. The van der Waals surface area contributed by atoms with Crippen LogP contribution in [-0.2, 0) is 6.54 Å². The van der Waals surface area contributed by atoms with Gasteiger partial charge in [0.25, 0.3) is 0 Å². The number of Topliss-reactive ketones (excluding diaryl/α,β-unsaturated/α-hetero) is 1. The molecule has 2 aliphatic rings. The Morgan fingerprint density at radius 1 is 1.26 bits per heavy atom. The van der Waals surface area contributed by atoms with Gasteiger partial charge >= 0.3 is 0 Å². The molecule has 4 heteroatoms. The molecule has 120 valence electrons. The summed E-state index contributed by atoms with van der Waals surface area (Å²) in [6.07, 6.45) is 1.15. The van der Waals surface area contributed by atoms with Crippen LogP contribution in [0.15, 0.2) is 23.2 Å². The molecule has 0 atom stereocenters. The summed E-state index contributed by atoms with van der Waals surface area (Å²) in [5, 5.41) is 1.08. The van der Waals surface area contributed by atoms with Crippen LogP contribution in [0.2, 0.25) is 0 Å². The molecule has 0 bridgehead atoms. The lowest BCUT2D eigenvalue weighted by molar-refractivity contribution is 0.100. The van der Waals surface area contributed by atoms with Crippen molar-refractivity contribution < 1.29 is 4.79 Å². The molecule has 1 aromatic carbocycles. The van der Waals surface area contributed by atoms with E-state index in [4.69, 9.17) is 0 Å². The summed E-state index contributed by atoms with van der Waals surface area (Å²) in [7, 11) is 0. The maximum atomic E-state index is 12.4. The molecule has 3 heterocycles. The number of carbonyl (C=O) groups is 1. The predicted octanol–water partition coefficient (Wildman–Crippen LogP) is 3.41. The summed E-state index contributed by atoms with van der Waals surface area (Å²) in [5.74, 6) is 0.126. The fourth-order valence-corrected chi connectivity index (χ4v) is 3.57. The third-order valence-corrected chi connectivity index (χ3v) is 4.84. The molecule has 0 fully saturated rings. The molecule has 2 aliphatic heterocycles. The molecule has 2 aromatic rings. The van der Waals surface area contributed by atoms with Gasteiger partial charge in [0, 0.05) is 40.8 Å². The monoisotopic (exact) mass is 309 g/mol. The molecule has 23 heavy (non-hydrogen) atoms. The third-order valence-electron chi connectivity index (χ3n) is 4.84. The lowest BCUT2D eigenvalue weighted by Crippen LogP contribution is -2.37. The Morgan fingerprint density at radius 3 is 2.87 bits per heavy atom. The highest BCUT2D eigenvalue weighted by molar-refractivity contribution is 6.22. The van der Waals surface area contributed by atoms with E-state index in [-0.39, 0.29) is 12.3 Å². The van der Waals surface area contributed by atoms with Crippen LogP contribution in [0.1, 0.15) is 48.8 Å². The Balaban J connectivity index is 1.76. The first kappa shape index (κ1) is 14.6. The van der Waals surface area contributed by atoms with Gasteiger partial charge in [-0.05, 0) is 24.4 Å². The molecule has 1 aromatic heterocycles. The van der Waals surface area contributed by atoms with Crippen molar-refractivity contribution >= 4 is 22.4 Å². The van der Waals surface area contributed by atoms with E-state index in [0.29, 0.717) is 5.41 Å². The highest BCUT2D eigenvalue weighted by Crippen LogP contribution is 2.33. The summed E-state index contributed by atoms with van der Waals surface area (Å²) >= 11 is 0. The Bertz CT molecular complexity index is 823. The van der Waals surface area contributed by atoms with Crippen LogP contribution in [0.3, 0.4) is 0 Å². The van der Waals surface area contributed by atoms with Gasteiger partial charge in [-0.2, -0.15) is 0 Å². The molecule has 0 saturated carbocycles. The Labute approximate surface area is 136 Å². The molecule has 1 N–H and O–H groups in total. The van der Waals surface area contributed by atoms with Crippen LogP contribution >= 0.6 is 0 Å². The molecular weight excluding hydrogens is 286 g/mol. The largest absolute Gasteiger partial charge is 0.357 e. The summed E-state index contributed by atoms with van der Waals surface area (Å²) in [6.45, 7) is 9.91. The van der Waals surface area contributed by atoms with Crippen molar-refractivity contribution in [2.45, 2.75) is 33.7 Å². The van der Waals surface area contributed by atoms with E-state index >= 15 is 0 Å². The number of hydrogen-bond acceptors (Lipinski definition) is 3. The minimum atomic E-state index is 0.126. The van der Waals surface area contributed by atoms with Crippen molar-refractivity contribution in [1.82, 2.24) is 9.88 Å². The second-order valence-corrected chi connectivity index (χ2v) is 7.91. The number of aromatic amines is 1. The van der Waals surface area contributed by atoms with Gasteiger partial charge in [0.1, 0.15) is 6.54 Å². The zero-order valence-electron chi connectivity index (χ0n) is 14.1. The Kier molecular flexibility index (Phi) is 3.20. The van der Waals surface area contributed by atoms with Gasteiger partial charge in [-0.15, -0.1) is 0 Å². The van der Waals surface area contributed by atoms with E-state index in [0.717, 1.165) is 48.2 Å². The number of aromatic nitrogens is 1. The Hall–Kier alpha value is -1.94. The minimum Gasteiger partial charge on any atom is -0.357 e. The average molecular weight is 309 g/mol. The summed E-state index contributed by atoms with van der Waals surface area (Å²) in [5.41, 5.74) is 5.68. The quantitative estimate of drug-likeness (QED) is 0.924. The van der Waals surface area contributed by atoms with E-state index in [2.05, 4.69) is 41.7 Å². The molecule has 0 radical (unpaired) electrons. The predicted molar refractivity (Wildman–Crippen MR) is 93.4 cm³/mol. The van der Waals surface area contributed by atoms with Crippen LogP contribution < -0.4 is 0 Å². The van der Waals surface area contributed by atoms with Gasteiger partial charge < -0.3 is 4.98 Å². The summed E-state index contributed by atoms with van der Waals surface area (Å²) in [4.78, 5) is 23.0. The van der Waals surface area contributed by atoms with E-state index in [1.165, 1.54) is 11.3 Å². The van der Waals surface area contributed by atoms with Crippen molar-refractivity contribution in [2.24, 2.45) is 10.4 Å². The number of nitrogens with one attached hydrogen (secondary N) is 1. The topological polar surface area (TPSA) is 48.5 Å². The van der Waals surface area contributed by atoms with Crippen LogP contribution in [0.5, 0.6) is 0 Å². The first-order valence-electron chi connectivity index (χ1n) is 8.35. The van der Waals surface area contributed by atoms with Gasteiger partial charge in [0.05, 0.1) is 5.71 Å². The summed E-state index contributed by atoms with van der Waals surface area (Å²) in [6, 6.07) is 5.95. The van der Waals surface area contributed by atoms with Crippen molar-refractivity contribution in [3.63, 3.8) is 0 Å². The van der Waals surface area contributed by atoms with Gasteiger partial charge in [0.2, 0.25) is 0 Å². The molecule has 0 aliphatic carbocycles.